The van der Waals surface area contributed by atoms with Gasteiger partial charge < -0.3 is 2.85 Å². The molecule has 20 heavy (non-hydrogen) atoms. The van der Waals surface area contributed by atoms with Crippen molar-refractivity contribution in [1.82, 2.24) is 0 Å². The van der Waals surface area contributed by atoms with E-state index in [1.807, 2.05) is 0 Å². The molecule has 0 atom stereocenters. The van der Waals surface area contributed by atoms with Crippen LogP contribution in [0, 0.1) is 6.92 Å². The van der Waals surface area contributed by atoms with Crippen molar-refractivity contribution in [2.75, 3.05) is 0 Å². The van der Waals surface area contributed by atoms with Crippen LogP contribution >= 0.6 is 0 Å². The molecule has 1 heteroatoms. The maximum absolute atomic E-state index is 2.29. The average Bonchev–Trinajstić information content (AvgIpc) is 2.43. The maximum atomic E-state index is 2.29. The smallest absolute Gasteiger partial charge is 1.00 e. The van der Waals surface area contributed by atoms with Crippen LogP contribution in [0.15, 0.2) is 24.3 Å². The van der Waals surface area contributed by atoms with Crippen molar-refractivity contribution in [3.05, 3.63) is 35.4 Å². The van der Waals surface area contributed by atoms with Gasteiger partial charge in [0, 0.05) is 0 Å². The van der Waals surface area contributed by atoms with E-state index in [0.29, 0.717) is 0 Å². The summed E-state index contributed by atoms with van der Waals surface area (Å²) in [5.41, 5.74) is 2.87. The Hall–Kier alpha value is -0.0138. The van der Waals surface area contributed by atoms with Gasteiger partial charge in [-0.2, -0.15) is 0 Å². The van der Waals surface area contributed by atoms with Gasteiger partial charge in [0.2, 0.25) is 0 Å². The molecule has 0 saturated carbocycles. The zero-order chi connectivity index (χ0) is 13.8. The van der Waals surface area contributed by atoms with Crippen molar-refractivity contribution in [2.24, 2.45) is 0 Å². The van der Waals surface area contributed by atoms with Crippen molar-refractivity contribution in [3.8, 4) is 0 Å². The SMILES string of the molecule is CCCCCCCCCCCCc1ccc(C)cc1.[H-].[H-].[Mg+2]. The number of unbranched alkanes of at least 4 members (excludes halogenated alkanes) is 9. The Bertz CT molecular complexity index is 312. The molecule has 1 aromatic rings. The monoisotopic (exact) mass is 286 g/mol. The molecule has 0 nitrogen and oxygen atoms in total. The van der Waals surface area contributed by atoms with E-state index < -0.39 is 0 Å². The van der Waals surface area contributed by atoms with Crippen molar-refractivity contribution in [2.45, 2.75) is 84.5 Å². The van der Waals surface area contributed by atoms with Crippen LogP contribution < -0.4 is 0 Å². The molecule has 0 unspecified atom stereocenters. The van der Waals surface area contributed by atoms with Gasteiger partial charge in [0.05, 0.1) is 0 Å². The first-order valence-electron chi connectivity index (χ1n) is 8.38. The summed E-state index contributed by atoms with van der Waals surface area (Å²) in [5, 5.41) is 0. The van der Waals surface area contributed by atoms with E-state index in [1.54, 1.807) is 0 Å². The van der Waals surface area contributed by atoms with Gasteiger partial charge in [-0.3, -0.25) is 0 Å². The molecule has 1 rings (SSSR count). The zero-order valence-electron chi connectivity index (χ0n) is 15.8. The van der Waals surface area contributed by atoms with E-state index in [0.717, 1.165) is 0 Å². The van der Waals surface area contributed by atoms with Gasteiger partial charge in [0.1, 0.15) is 0 Å². The first kappa shape index (κ1) is 20.0. The Morgan fingerprint density at radius 2 is 1.15 bits per heavy atom. The minimum absolute atomic E-state index is 0. The maximum Gasteiger partial charge on any atom is 2.00 e. The van der Waals surface area contributed by atoms with Crippen LogP contribution in [0.1, 0.15) is 85.1 Å². The van der Waals surface area contributed by atoms with Crippen molar-refractivity contribution < 1.29 is 2.85 Å². The van der Waals surface area contributed by atoms with Crippen LogP contribution in [0.3, 0.4) is 0 Å². The number of hydrogen-bond acceptors (Lipinski definition) is 0. The standard InChI is InChI=1S/C19H32.Mg.2H/c1-3-4-5-6-7-8-9-10-11-12-13-19-16-14-18(2)15-17-19;;;/h14-17H,3-13H2,1-2H3;;;/q;+2;2*-1. The molecule has 112 valence electrons. The van der Waals surface area contributed by atoms with Gasteiger partial charge >= 0.3 is 23.1 Å². The van der Waals surface area contributed by atoms with E-state index in [2.05, 4.69) is 38.1 Å². The van der Waals surface area contributed by atoms with Gasteiger partial charge in [-0.15, -0.1) is 0 Å². The van der Waals surface area contributed by atoms with E-state index in [4.69, 9.17) is 0 Å². The first-order chi connectivity index (χ1) is 9.33. The summed E-state index contributed by atoms with van der Waals surface area (Å²) in [6, 6.07) is 9.02. The molecule has 0 amide bonds. The van der Waals surface area contributed by atoms with Crippen molar-refractivity contribution in [3.63, 3.8) is 0 Å². The molecular formula is C19H34Mg. The Labute approximate surface area is 145 Å². The number of aryl methyl sites for hydroxylation is 2. The molecule has 0 aliphatic carbocycles. The molecule has 0 bridgehead atoms. The van der Waals surface area contributed by atoms with Crippen LogP contribution in [0.5, 0.6) is 0 Å². The van der Waals surface area contributed by atoms with Gasteiger partial charge in [-0.05, 0) is 25.3 Å². The second kappa shape index (κ2) is 13.9. The summed E-state index contributed by atoms with van der Waals surface area (Å²) < 4.78 is 0. The van der Waals surface area contributed by atoms with E-state index in [-0.39, 0.29) is 25.9 Å². The fourth-order valence-corrected chi connectivity index (χ4v) is 2.57. The number of rotatable bonds is 11. The summed E-state index contributed by atoms with van der Waals surface area (Å²) in [6.45, 7) is 4.44. The molecule has 1 aromatic carbocycles. The number of hydrogen-bond donors (Lipinski definition) is 0. The normalized spacial score (nSPS) is 10.3. The third-order valence-electron chi connectivity index (χ3n) is 3.94. The largest absolute Gasteiger partial charge is 2.00 e. The predicted molar refractivity (Wildman–Crippen MR) is 94.7 cm³/mol. The Kier molecular flexibility index (Phi) is 13.9. The molecule has 0 spiro atoms. The van der Waals surface area contributed by atoms with Crippen LogP contribution in [0.25, 0.3) is 0 Å². The van der Waals surface area contributed by atoms with E-state index in [1.165, 1.54) is 81.8 Å². The summed E-state index contributed by atoms with van der Waals surface area (Å²) in [6.07, 6.45) is 15.5. The molecule has 0 saturated heterocycles. The molecule has 0 heterocycles. The summed E-state index contributed by atoms with van der Waals surface area (Å²) in [5.74, 6) is 0. The molecule has 0 N–H and O–H groups in total. The van der Waals surface area contributed by atoms with Crippen LogP contribution in [-0.4, -0.2) is 23.1 Å². The Balaban J connectivity index is -0.00000120. The Morgan fingerprint density at radius 3 is 1.65 bits per heavy atom. The second-order valence-corrected chi connectivity index (χ2v) is 5.92. The molecule has 0 aliphatic heterocycles. The molecule has 0 aliphatic rings. The average molecular weight is 287 g/mol. The zero-order valence-corrected chi connectivity index (χ0v) is 15.2. The quantitative estimate of drug-likeness (QED) is 0.331. The van der Waals surface area contributed by atoms with E-state index >= 15 is 0 Å². The van der Waals surface area contributed by atoms with Crippen LogP contribution in [-0.2, 0) is 6.42 Å². The van der Waals surface area contributed by atoms with Crippen LogP contribution in [0.4, 0.5) is 0 Å². The third-order valence-corrected chi connectivity index (χ3v) is 3.94. The first-order valence-corrected chi connectivity index (χ1v) is 8.38. The fourth-order valence-electron chi connectivity index (χ4n) is 2.57. The topological polar surface area (TPSA) is 0 Å². The second-order valence-electron chi connectivity index (χ2n) is 5.92. The van der Waals surface area contributed by atoms with Crippen LogP contribution in [0.2, 0.25) is 0 Å². The summed E-state index contributed by atoms with van der Waals surface area (Å²) in [4.78, 5) is 0. The van der Waals surface area contributed by atoms with E-state index in [9.17, 15) is 0 Å². The molecule has 0 radical (unpaired) electrons. The predicted octanol–water partition coefficient (Wildman–Crippen LogP) is 6.30. The minimum atomic E-state index is 0. The van der Waals surface area contributed by atoms with Gasteiger partial charge in [0.25, 0.3) is 0 Å². The number of benzene rings is 1. The fraction of sp³-hybridized carbons (Fsp3) is 0.684. The minimum Gasteiger partial charge on any atom is -1.00 e. The van der Waals surface area contributed by atoms with Gasteiger partial charge in [-0.1, -0.05) is 94.5 Å². The summed E-state index contributed by atoms with van der Waals surface area (Å²) in [7, 11) is 0. The molecule has 0 aromatic heterocycles. The Morgan fingerprint density at radius 1 is 0.700 bits per heavy atom. The molecule has 0 fully saturated rings. The van der Waals surface area contributed by atoms with Gasteiger partial charge in [0.15, 0.2) is 0 Å². The van der Waals surface area contributed by atoms with Gasteiger partial charge in [-0.25, -0.2) is 0 Å². The van der Waals surface area contributed by atoms with Crippen molar-refractivity contribution >= 4 is 23.1 Å². The summed E-state index contributed by atoms with van der Waals surface area (Å²) >= 11 is 0. The molecular weight excluding hydrogens is 253 g/mol. The third kappa shape index (κ3) is 10.7. The van der Waals surface area contributed by atoms with Crippen molar-refractivity contribution in [1.29, 1.82) is 0 Å².